The van der Waals surface area contributed by atoms with Crippen LogP contribution < -0.4 is 5.32 Å². The lowest BCUT2D eigenvalue weighted by atomic mass is 9.98. The summed E-state index contributed by atoms with van der Waals surface area (Å²) in [6.45, 7) is 0. The van der Waals surface area contributed by atoms with Crippen molar-refractivity contribution in [1.82, 2.24) is 14.6 Å². The average molecular weight is 417 g/mol. The van der Waals surface area contributed by atoms with E-state index in [1.54, 1.807) is 10.6 Å². The van der Waals surface area contributed by atoms with Gasteiger partial charge in [-0.25, -0.2) is 13.9 Å². The zero-order valence-corrected chi connectivity index (χ0v) is 15.7. The van der Waals surface area contributed by atoms with Crippen molar-refractivity contribution in [2.24, 2.45) is 0 Å². The maximum absolute atomic E-state index is 14.0. The predicted octanol–water partition coefficient (Wildman–Crippen LogP) is 4.54. The molecule has 5 nitrogen and oxygen atoms in total. The Hall–Kier alpha value is -2.28. The number of halogens is 2. The largest absolute Gasteiger partial charge is 0.319 e. The number of nitrogens with zero attached hydrogens (tertiary/aromatic N) is 3. The number of aromatic nitrogens is 3. The number of rotatable bonds is 2. The van der Waals surface area contributed by atoms with E-state index in [1.807, 2.05) is 6.20 Å². The molecule has 0 fully saturated rings. The van der Waals surface area contributed by atoms with Crippen LogP contribution in [0.5, 0.6) is 0 Å². The zero-order valence-electron chi connectivity index (χ0n) is 14.1. The van der Waals surface area contributed by atoms with Crippen molar-refractivity contribution in [3.05, 3.63) is 57.7 Å². The van der Waals surface area contributed by atoms with E-state index in [4.69, 9.17) is 0 Å². The number of anilines is 1. The standard InChI is InChI=1S/C19H18BrFN4O/c20-13-7-8-16(15(21)9-13)24-19(26)14-11-23-25-17-6-4-2-1-3-5-12(17)10-22-18(14)25/h7-11H,1-6H2,(H,24,26). The third-order valence-corrected chi connectivity index (χ3v) is 5.24. The fourth-order valence-corrected chi connectivity index (χ4v) is 3.72. The van der Waals surface area contributed by atoms with Gasteiger partial charge in [-0.1, -0.05) is 28.8 Å². The predicted molar refractivity (Wildman–Crippen MR) is 101 cm³/mol. The van der Waals surface area contributed by atoms with Crippen LogP contribution in [0, 0.1) is 5.82 Å². The molecule has 0 saturated carbocycles. The third kappa shape index (κ3) is 3.23. The minimum atomic E-state index is -0.498. The van der Waals surface area contributed by atoms with Crippen molar-refractivity contribution >= 4 is 33.2 Å². The highest BCUT2D eigenvalue weighted by molar-refractivity contribution is 9.10. The van der Waals surface area contributed by atoms with Crippen molar-refractivity contribution in [3.8, 4) is 0 Å². The summed E-state index contributed by atoms with van der Waals surface area (Å²) in [7, 11) is 0. The van der Waals surface area contributed by atoms with Crippen LogP contribution in [-0.4, -0.2) is 20.5 Å². The Kier molecular flexibility index (Phi) is 4.72. The van der Waals surface area contributed by atoms with E-state index in [9.17, 15) is 9.18 Å². The Morgan fingerprint density at radius 2 is 1.96 bits per heavy atom. The number of carbonyl (C=O) groups is 1. The van der Waals surface area contributed by atoms with E-state index in [0.717, 1.165) is 31.4 Å². The fraction of sp³-hybridized carbons (Fsp3) is 0.316. The van der Waals surface area contributed by atoms with Crippen molar-refractivity contribution in [3.63, 3.8) is 0 Å². The van der Waals surface area contributed by atoms with Crippen LogP contribution >= 0.6 is 15.9 Å². The maximum Gasteiger partial charge on any atom is 0.261 e. The van der Waals surface area contributed by atoms with Gasteiger partial charge in [-0.3, -0.25) is 4.79 Å². The minimum absolute atomic E-state index is 0.129. The van der Waals surface area contributed by atoms with Crippen LogP contribution in [0.4, 0.5) is 10.1 Å². The maximum atomic E-state index is 14.0. The lowest BCUT2D eigenvalue weighted by Crippen LogP contribution is -2.14. The third-order valence-electron chi connectivity index (χ3n) is 4.75. The lowest BCUT2D eigenvalue weighted by molar-refractivity contribution is 0.102. The molecule has 1 N–H and O–H groups in total. The molecule has 1 aromatic carbocycles. The summed E-state index contributed by atoms with van der Waals surface area (Å²) in [5.74, 6) is -0.915. The van der Waals surface area contributed by atoms with Crippen molar-refractivity contribution in [1.29, 1.82) is 0 Å². The van der Waals surface area contributed by atoms with Crippen LogP contribution in [0.2, 0.25) is 0 Å². The molecule has 4 rings (SSSR count). The van der Waals surface area contributed by atoms with Gasteiger partial charge in [0.15, 0.2) is 5.65 Å². The number of benzene rings is 1. The van der Waals surface area contributed by atoms with Crippen molar-refractivity contribution in [2.45, 2.75) is 38.5 Å². The second-order valence-corrected chi connectivity index (χ2v) is 7.43. The summed E-state index contributed by atoms with van der Waals surface area (Å²) in [6.07, 6.45) is 9.99. The van der Waals surface area contributed by atoms with Crippen LogP contribution in [0.3, 0.4) is 0 Å². The average Bonchev–Trinajstić information content (AvgIpc) is 3.01. The molecule has 1 amide bonds. The molecule has 134 valence electrons. The van der Waals surface area contributed by atoms with Crippen molar-refractivity contribution < 1.29 is 9.18 Å². The monoisotopic (exact) mass is 416 g/mol. The number of hydrogen-bond donors (Lipinski definition) is 1. The molecule has 0 bridgehead atoms. The van der Waals surface area contributed by atoms with Gasteiger partial charge in [0, 0.05) is 16.4 Å². The summed E-state index contributed by atoms with van der Waals surface area (Å²) < 4.78 is 16.4. The smallest absolute Gasteiger partial charge is 0.261 e. The first-order valence-corrected chi connectivity index (χ1v) is 9.53. The highest BCUT2D eigenvalue weighted by atomic mass is 79.9. The number of fused-ring (bicyclic) bond motifs is 3. The van der Waals surface area contributed by atoms with Crippen LogP contribution in [0.1, 0.15) is 47.3 Å². The van der Waals surface area contributed by atoms with E-state index < -0.39 is 11.7 Å². The second-order valence-electron chi connectivity index (χ2n) is 6.52. The molecular weight excluding hydrogens is 399 g/mol. The first kappa shape index (κ1) is 17.1. The van der Waals surface area contributed by atoms with E-state index in [2.05, 4.69) is 31.3 Å². The summed E-state index contributed by atoms with van der Waals surface area (Å²) in [4.78, 5) is 17.1. The SMILES string of the molecule is O=C(Nc1ccc(Br)cc1F)c1cnn2c3c(cnc12)CCCCCC3. The fourth-order valence-electron chi connectivity index (χ4n) is 3.39. The zero-order chi connectivity index (χ0) is 18.1. The van der Waals surface area contributed by atoms with E-state index in [-0.39, 0.29) is 5.69 Å². The molecule has 2 heterocycles. The molecule has 3 aromatic rings. The number of amides is 1. The number of hydrogen-bond acceptors (Lipinski definition) is 3. The molecule has 1 aliphatic rings. The summed E-state index contributed by atoms with van der Waals surface area (Å²) >= 11 is 3.20. The van der Waals surface area contributed by atoms with Gasteiger partial charge >= 0.3 is 0 Å². The molecule has 2 aromatic heterocycles. The highest BCUT2D eigenvalue weighted by Gasteiger charge is 2.19. The Morgan fingerprint density at radius 1 is 1.15 bits per heavy atom. The first-order chi connectivity index (χ1) is 12.6. The van der Waals surface area contributed by atoms with Crippen LogP contribution in [-0.2, 0) is 12.8 Å². The number of nitrogens with one attached hydrogen (secondary N) is 1. The number of carbonyl (C=O) groups excluding carboxylic acids is 1. The molecule has 0 spiro atoms. The Labute approximate surface area is 158 Å². The van der Waals surface area contributed by atoms with E-state index in [0.29, 0.717) is 15.7 Å². The molecule has 0 radical (unpaired) electrons. The highest BCUT2D eigenvalue weighted by Crippen LogP contribution is 2.23. The first-order valence-electron chi connectivity index (χ1n) is 8.74. The lowest BCUT2D eigenvalue weighted by Gasteiger charge is -2.14. The molecular formula is C19H18BrFN4O. The van der Waals surface area contributed by atoms with Crippen LogP contribution in [0.25, 0.3) is 5.65 Å². The van der Waals surface area contributed by atoms with Gasteiger partial charge in [-0.05, 0) is 49.4 Å². The topological polar surface area (TPSA) is 59.3 Å². The van der Waals surface area contributed by atoms with Gasteiger partial charge in [-0.15, -0.1) is 0 Å². The van der Waals surface area contributed by atoms with Gasteiger partial charge in [0.1, 0.15) is 11.4 Å². The molecule has 0 saturated heterocycles. The Bertz CT molecular complexity index is 985. The summed E-state index contributed by atoms with van der Waals surface area (Å²) in [6, 6.07) is 4.51. The summed E-state index contributed by atoms with van der Waals surface area (Å²) in [5.41, 5.74) is 3.31. The molecule has 0 unspecified atom stereocenters. The molecule has 1 aliphatic carbocycles. The minimum Gasteiger partial charge on any atom is -0.319 e. The van der Waals surface area contributed by atoms with E-state index in [1.165, 1.54) is 36.7 Å². The van der Waals surface area contributed by atoms with Crippen molar-refractivity contribution in [2.75, 3.05) is 5.32 Å². The number of aryl methyl sites for hydroxylation is 2. The molecule has 7 heteroatoms. The van der Waals surface area contributed by atoms with Crippen LogP contribution in [0.15, 0.2) is 35.1 Å². The Balaban J connectivity index is 1.68. The van der Waals surface area contributed by atoms with Gasteiger partial charge < -0.3 is 5.32 Å². The van der Waals surface area contributed by atoms with Gasteiger partial charge in [-0.2, -0.15) is 5.10 Å². The normalized spacial score (nSPS) is 14.5. The summed E-state index contributed by atoms with van der Waals surface area (Å²) in [5, 5.41) is 7.00. The molecule has 26 heavy (non-hydrogen) atoms. The van der Waals surface area contributed by atoms with Gasteiger partial charge in [0.2, 0.25) is 0 Å². The quantitative estimate of drug-likeness (QED) is 0.666. The second kappa shape index (κ2) is 7.15. The van der Waals surface area contributed by atoms with E-state index >= 15 is 0 Å². The molecule has 0 aliphatic heterocycles. The van der Waals surface area contributed by atoms with Gasteiger partial charge in [0.25, 0.3) is 5.91 Å². The Morgan fingerprint density at radius 3 is 2.77 bits per heavy atom. The van der Waals surface area contributed by atoms with Gasteiger partial charge in [0.05, 0.1) is 11.9 Å². The molecule has 0 atom stereocenters.